The summed E-state index contributed by atoms with van der Waals surface area (Å²) in [4.78, 5) is 23.3. The Labute approximate surface area is 101 Å². The maximum atomic E-state index is 11.7. The van der Waals surface area contributed by atoms with Crippen LogP contribution in [0.4, 0.5) is 0 Å². The molecule has 0 saturated heterocycles. The van der Waals surface area contributed by atoms with Crippen molar-refractivity contribution in [1.29, 1.82) is 0 Å². The number of fused-ring (bicyclic) bond motifs is 1. The standard InChI is InChI=1S/C12H7ClO4/c1-2-5-8(14)3-6-9(15)4-7(13)12(17)10(6)11(5)16/h2-4,14,16H,1H2. The summed E-state index contributed by atoms with van der Waals surface area (Å²) >= 11 is 5.59. The molecule has 5 heteroatoms. The molecule has 0 amide bonds. The van der Waals surface area contributed by atoms with Crippen LogP contribution in [0.2, 0.25) is 0 Å². The number of benzene rings is 1. The number of hydrogen-bond donors (Lipinski definition) is 2. The van der Waals surface area contributed by atoms with Gasteiger partial charge in [-0.25, -0.2) is 0 Å². The number of phenolic OH excluding ortho intramolecular Hbond substituents is 2. The van der Waals surface area contributed by atoms with E-state index in [0.717, 1.165) is 12.1 Å². The van der Waals surface area contributed by atoms with Crippen molar-refractivity contribution in [1.82, 2.24) is 0 Å². The lowest BCUT2D eigenvalue weighted by atomic mass is 9.91. The SMILES string of the molecule is C=Cc1c(O)cc2c(c1O)C(=O)C(Cl)=CC2=O. The first-order chi connectivity index (χ1) is 7.97. The molecule has 86 valence electrons. The molecule has 1 aromatic rings. The van der Waals surface area contributed by atoms with E-state index in [-0.39, 0.29) is 27.5 Å². The van der Waals surface area contributed by atoms with Crippen LogP contribution >= 0.6 is 11.6 Å². The first-order valence-electron chi connectivity index (χ1n) is 4.65. The van der Waals surface area contributed by atoms with Gasteiger partial charge in [0.15, 0.2) is 5.78 Å². The fourth-order valence-electron chi connectivity index (χ4n) is 1.67. The van der Waals surface area contributed by atoms with Crippen LogP contribution in [-0.2, 0) is 0 Å². The fourth-order valence-corrected chi connectivity index (χ4v) is 1.87. The molecular weight excluding hydrogens is 244 g/mol. The molecule has 17 heavy (non-hydrogen) atoms. The summed E-state index contributed by atoms with van der Waals surface area (Å²) < 4.78 is 0. The van der Waals surface area contributed by atoms with Crippen molar-refractivity contribution in [2.45, 2.75) is 0 Å². The Kier molecular flexibility index (Phi) is 2.52. The van der Waals surface area contributed by atoms with E-state index in [9.17, 15) is 19.8 Å². The summed E-state index contributed by atoms with van der Waals surface area (Å²) in [6, 6.07) is 1.12. The first-order valence-corrected chi connectivity index (χ1v) is 5.02. The van der Waals surface area contributed by atoms with Gasteiger partial charge in [-0.05, 0) is 6.07 Å². The van der Waals surface area contributed by atoms with Crippen LogP contribution in [0.5, 0.6) is 11.5 Å². The molecule has 0 spiro atoms. The molecule has 0 aliphatic heterocycles. The third-order valence-corrected chi connectivity index (χ3v) is 2.77. The Morgan fingerprint density at radius 3 is 2.53 bits per heavy atom. The molecule has 0 fully saturated rings. The van der Waals surface area contributed by atoms with Gasteiger partial charge in [0.25, 0.3) is 0 Å². The second-order valence-corrected chi connectivity index (χ2v) is 3.88. The Hall–Kier alpha value is -2.07. The minimum absolute atomic E-state index is 0.00346. The van der Waals surface area contributed by atoms with Gasteiger partial charge in [0.05, 0.1) is 16.2 Å². The second-order valence-electron chi connectivity index (χ2n) is 3.47. The van der Waals surface area contributed by atoms with Gasteiger partial charge in [-0.1, -0.05) is 24.3 Å². The number of Topliss-reactive ketones (excluding diaryl/α,β-unsaturated/α-hetero) is 1. The summed E-state index contributed by atoms with van der Waals surface area (Å²) in [6.07, 6.45) is 2.15. The number of ketones is 2. The van der Waals surface area contributed by atoms with E-state index in [1.807, 2.05) is 0 Å². The maximum Gasteiger partial charge on any atom is 0.208 e. The summed E-state index contributed by atoms with van der Waals surface area (Å²) in [5.74, 6) is -1.99. The number of carbonyl (C=O) groups is 2. The number of rotatable bonds is 1. The number of phenols is 2. The average Bonchev–Trinajstić information content (AvgIpc) is 2.26. The van der Waals surface area contributed by atoms with Crippen molar-refractivity contribution < 1.29 is 19.8 Å². The summed E-state index contributed by atoms with van der Waals surface area (Å²) in [5, 5.41) is 19.1. The molecule has 1 aliphatic rings. The Morgan fingerprint density at radius 2 is 1.94 bits per heavy atom. The van der Waals surface area contributed by atoms with Crippen molar-refractivity contribution in [3.63, 3.8) is 0 Å². The zero-order chi connectivity index (χ0) is 12.7. The van der Waals surface area contributed by atoms with Crippen molar-refractivity contribution >= 4 is 29.2 Å². The van der Waals surface area contributed by atoms with Gasteiger partial charge in [0.2, 0.25) is 5.78 Å². The van der Waals surface area contributed by atoms with Crippen LogP contribution in [0.1, 0.15) is 26.3 Å². The van der Waals surface area contributed by atoms with E-state index in [1.54, 1.807) is 0 Å². The molecule has 0 heterocycles. The Balaban J connectivity index is 2.85. The van der Waals surface area contributed by atoms with E-state index in [4.69, 9.17) is 11.6 Å². The normalized spacial score (nSPS) is 14.3. The molecule has 1 aromatic carbocycles. The molecule has 2 rings (SSSR count). The van der Waals surface area contributed by atoms with Crippen LogP contribution in [-0.4, -0.2) is 21.8 Å². The first kappa shape index (κ1) is 11.4. The molecule has 1 aliphatic carbocycles. The minimum atomic E-state index is -0.651. The number of aromatic hydroxyl groups is 2. The predicted octanol–water partition coefficient (Wildman–Crippen LogP) is 2.24. The van der Waals surface area contributed by atoms with Crippen molar-refractivity contribution in [2.24, 2.45) is 0 Å². The smallest absolute Gasteiger partial charge is 0.208 e. The summed E-state index contributed by atoms with van der Waals surface area (Å²) in [7, 11) is 0. The number of hydrogen-bond acceptors (Lipinski definition) is 4. The van der Waals surface area contributed by atoms with E-state index in [2.05, 4.69) is 6.58 Å². The quantitative estimate of drug-likeness (QED) is 0.802. The lowest BCUT2D eigenvalue weighted by Crippen LogP contribution is -2.15. The summed E-state index contributed by atoms with van der Waals surface area (Å²) in [5.41, 5.74) is -0.272. The minimum Gasteiger partial charge on any atom is -0.507 e. The molecule has 2 N–H and O–H groups in total. The highest BCUT2D eigenvalue weighted by molar-refractivity contribution is 6.49. The van der Waals surface area contributed by atoms with Crippen molar-refractivity contribution in [3.05, 3.63) is 40.4 Å². The van der Waals surface area contributed by atoms with Gasteiger partial charge < -0.3 is 10.2 Å². The third-order valence-electron chi connectivity index (χ3n) is 2.49. The van der Waals surface area contributed by atoms with Crippen molar-refractivity contribution in [3.8, 4) is 11.5 Å². The Bertz CT molecular complexity index is 599. The number of allylic oxidation sites excluding steroid dienone is 2. The molecule has 0 atom stereocenters. The highest BCUT2D eigenvalue weighted by Crippen LogP contribution is 2.38. The second kappa shape index (κ2) is 3.75. The largest absolute Gasteiger partial charge is 0.507 e. The zero-order valence-electron chi connectivity index (χ0n) is 8.53. The van der Waals surface area contributed by atoms with E-state index >= 15 is 0 Å². The van der Waals surface area contributed by atoms with Crippen LogP contribution < -0.4 is 0 Å². The molecule has 4 nitrogen and oxygen atoms in total. The maximum absolute atomic E-state index is 11.7. The van der Waals surface area contributed by atoms with Crippen LogP contribution in [0.15, 0.2) is 23.8 Å². The van der Waals surface area contributed by atoms with Gasteiger partial charge in [0.1, 0.15) is 11.5 Å². The van der Waals surface area contributed by atoms with Crippen LogP contribution in [0.3, 0.4) is 0 Å². The van der Waals surface area contributed by atoms with E-state index in [1.165, 1.54) is 6.08 Å². The summed E-state index contributed by atoms with van der Waals surface area (Å²) in [6.45, 7) is 3.40. The average molecular weight is 251 g/mol. The van der Waals surface area contributed by atoms with Gasteiger partial charge in [0, 0.05) is 11.6 Å². The molecule has 0 radical (unpaired) electrons. The van der Waals surface area contributed by atoms with E-state index < -0.39 is 17.3 Å². The lowest BCUT2D eigenvalue weighted by molar-refractivity contribution is 0.0987. The molecule has 0 aromatic heterocycles. The molecule has 0 unspecified atom stereocenters. The molecular formula is C12H7ClO4. The highest BCUT2D eigenvalue weighted by Gasteiger charge is 2.30. The van der Waals surface area contributed by atoms with Gasteiger partial charge in [-0.3, -0.25) is 9.59 Å². The topological polar surface area (TPSA) is 74.6 Å². The van der Waals surface area contributed by atoms with Gasteiger partial charge in [-0.2, -0.15) is 0 Å². The lowest BCUT2D eigenvalue weighted by Gasteiger charge is -2.15. The number of carbonyl (C=O) groups excluding carboxylic acids is 2. The fraction of sp³-hybridized carbons (Fsp3) is 0. The van der Waals surface area contributed by atoms with E-state index in [0.29, 0.717) is 0 Å². The highest BCUT2D eigenvalue weighted by atomic mass is 35.5. The monoisotopic (exact) mass is 250 g/mol. The predicted molar refractivity (Wildman–Crippen MR) is 62.5 cm³/mol. The number of halogens is 1. The van der Waals surface area contributed by atoms with Crippen LogP contribution in [0.25, 0.3) is 6.08 Å². The van der Waals surface area contributed by atoms with Crippen LogP contribution in [0, 0.1) is 0 Å². The molecule has 0 bridgehead atoms. The van der Waals surface area contributed by atoms with Crippen molar-refractivity contribution in [2.75, 3.05) is 0 Å². The Morgan fingerprint density at radius 1 is 1.29 bits per heavy atom. The third kappa shape index (κ3) is 1.54. The van der Waals surface area contributed by atoms with Gasteiger partial charge in [-0.15, -0.1) is 0 Å². The molecule has 0 saturated carbocycles. The van der Waals surface area contributed by atoms with Gasteiger partial charge >= 0.3 is 0 Å². The zero-order valence-corrected chi connectivity index (χ0v) is 9.28.